The number of carbonyl (C=O) groups excluding carboxylic acids is 1. The van der Waals surface area contributed by atoms with Gasteiger partial charge in [0.25, 0.3) is 5.89 Å². The zero-order valence-electron chi connectivity index (χ0n) is 15.8. The standard InChI is InChI=1S/C18H21N7O3/c1-3-14-22-18(28-24-14)13-10-19-11(2)20-16(13)25-7-4-12(5-8-25)17(26)21-15-6-9-27-23-15/h6,9-10,12H,3-5,7-8H2,1-2H3,(H,21,23,26). The number of carbonyl (C=O) groups is 1. The van der Waals surface area contributed by atoms with Gasteiger partial charge >= 0.3 is 0 Å². The van der Waals surface area contributed by atoms with E-state index in [9.17, 15) is 4.79 Å². The van der Waals surface area contributed by atoms with Crippen molar-refractivity contribution in [2.45, 2.75) is 33.1 Å². The topological polar surface area (TPSA) is 123 Å². The van der Waals surface area contributed by atoms with Crippen LogP contribution in [0.5, 0.6) is 0 Å². The number of anilines is 2. The molecule has 1 fully saturated rings. The summed E-state index contributed by atoms with van der Waals surface area (Å²) in [7, 11) is 0. The Kier molecular flexibility index (Phi) is 5.00. The number of aryl methyl sites for hydroxylation is 2. The van der Waals surface area contributed by atoms with E-state index in [2.05, 4.69) is 35.5 Å². The normalized spacial score (nSPS) is 15.0. The molecule has 10 heteroatoms. The first-order valence-corrected chi connectivity index (χ1v) is 9.27. The summed E-state index contributed by atoms with van der Waals surface area (Å²) in [5, 5.41) is 10.5. The molecule has 0 radical (unpaired) electrons. The predicted molar refractivity (Wildman–Crippen MR) is 99.5 cm³/mol. The van der Waals surface area contributed by atoms with Gasteiger partial charge in [0.1, 0.15) is 23.5 Å². The van der Waals surface area contributed by atoms with Crippen LogP contribution in [0.4, 0.5) is 11.6 Å². The fraction of sp³-hybridized carbons (Fsp3) is 0.444. The van der Waals surface area contributed by atoms with Gasteiger partial charge in [-0.05, 0) is 19.8 Å². The summed E-state index contributed by atoms with van der Waals surface area (Å²) >= 11 is 0. The second kappa shape index (κ2) is 7.75. The summed E-state index contributed by atoms with van der Waals surface area (Å²) in [6.45, 7) is 5.19. The van der Waals surface area contributed by atoms with E-state index in [1.54, 1.807) is 12.3 Å². The molecule has 0 bridgehead atoms. The van der Waals surface area contributed by atoms with Crippen molar-refractivity contribution in [3.8, 4) is 11.5 Å². The highest BCUT2D eigenvalue weighted by Crippen LogP contribution is 2.31. The predicted octanol–water partition coefficient (Wildman–Crippen LogP) is 2.24. The maximum Gasteiger partial charge on any atom is 0.263 e. The molecule has 1 aliphatic heterocycles. The van der Waals surface area contributed by atoms with Gasteiger partial charge in [0, 0.05) is 37.7 Å². The molecule has 1 N–H and O–H groups in total. The number of rotatable bonds is 5. The van der Waals surface area contributed by atoms with E-state index < -0.39 is 0 Å². The third-order valence-corrected chi connectivity index (χ3v) is 4.76. The third kappa shape index (κ3) is 3.71. The molecule has 4 rings (SSSR count). The first-order chi connectivity index (χ1) is 13.6. The lowest BCUT2D eigenvalue weighted by atomic mass is 9.95. The van der Waals surface area contributed by atoms with Crippen molar-refractivity contribution in [1.29, 1.82) is 0 Å². The van der Waals surface area contributed by atoms with Crippen LogP contribution in [0.3, 0.4) is 0 Å². The van der Waals surface area contributed by atoms with Crippen molar-refractivity contribution < 1.29 is 13.8 Å². The molecule has 0 atom stereocenters. The fourth-order valence-electron chi connectivity index (χ4n) is 3.22. The summed E-state index contributed by atoms with van der Waals surface area (Å²) in [4.78, 5) is 27.8. The number of nitrogens with one attached hydrogen (secondary N) is 1. The smallest absolute Gasteiger partial charge is 0.263 e. The van der Waals surface area contributed by atoms with Crippen LogP contribution in [0.15, 0.2) is 27.6 Å². The highest BCUT2D eigenvalue weighted by atomic mass is 16.5. The first kappa shape index (κ1) is 18.1. The average Bonchev–Trinajstić information content (AvgIpc) is 3.40. The van der Waals surface area contributed by atoms with Gasteiger partial charge in [0.2, 0.25) is 5.91 Å². The quantitative estimate of drug-likeness (QED) is 0.706. The molecule has 0 aromatic carbocycles. The van der Waals surface area contributed by atoms with Gasteiger partial charge in [-0.1, -0.05) is 17.2 Å². The number of hydrogen-bond acceptors (Lipinski definition) is 9. The molecule has 1 saturated heterocycles. The molecule has 28 heavy (non-hydrogen) atoms. The Morgan fingerprint density at radius 2 is 2.11 bits per heavy atom. The molecule has 4 heterocycles. The van der Waals surface area contributed by atoms with Crippen LogP contribution >= 0.6 is 0 Å². The molecular formula is C18H21N7O3. The van der Waals surface area contributed by atoms with Crippen LogP contribution < -0.4 is 10.2 Å². The van der Waals surface area contributed by atoms with Crippen LogP contribution in [0.1, 0.15) is 31.4 Å². The van der Waals surface area contributed by atoms with E-state index in [1.807, 2.05) is 13.8 Å². The summed E-state index contributed by atoms with van der Waals surface area (Å²) in [5.41, 5.74) is 0.711. The second-order valence-corrected chi connectivity index (χ2v) is 6.66. The van der Waals surface area contributed by atoms with Crippen LogP contribution in [-0.4, -0.2) is 44.3 Å². The van der Waals surface area contributed by atoms with Crippen molar-refractivity contribution in [1.82, 2.24) is 25.3 Å². The van der Waals surface area contributed by atoms with E-state index in [4.69, 9.17) is 9.05 Å². The van der Waals surface area contributed by atoms with Crippen LogP contribution in [0.25, 0.3) is 11.5 Å². The maximum absolute atomic E-state index is 12.4. The van der Waals surface area contributed by atoms with E-state index >= 15 is 0 Å². The minimum atomic E-state index is -0.0885. The van der Waals surface area contributed by atoms with Crippen molar-refractivity contribution in [3.63, 3.8) is 0 Å². The van der Waals surface area contributed by atoms with Crippen molar-refractivity contribution >= 4 is 17.5 Å². The highest BCUT2D eigenvalue weighted by Gasteiger charge is 2.28. The van der Waals surface area contributed by atoms with Gasteiger partial charge in [-0.3, -0.25) is 4.79 Å². The molecule has 0 saturated carbocycles. The van der Waals surface area contributed by atoms with Crippen LogP contribution in [0.2, 0.25) is 0 Å². The number of nitrogens with zero attached hydrogens (tertiary/aromatic N) is 6. The molecule has 1 aliphatic rings. The Balaban J connectivity index is 1.48. The Hall–Kier alpha value is -3.30. The number of hydrogen-bond donors (Lipinski definition) is 1. The van der Waals surface area contributed by atoms with Gasteiger partial charge < -0.3 is 19.3 Å². The summed E-state index contributed by atoms with van der Waals surface area (Å²) < 4.78 is 10.1. The van der Waals surface area contributed by atoms with E-state index in [0.717, 1.165) is 5.82 Å². The van der Waals surface area contributed by atoms with Crippen LogP contribution in [0, 0.1) is 12.8 Å². The number of aromatic nitrogens is 5. The molecular weight excluding hydrogens is 362 g/mol. The molecule has 0 aliphatic carbocycles. The number of amides is 1. The highest BCUT2D eigenvalue weighted by molar-refractivity contribution is 5.91. The minimum Gasteiger partial charge on any atom is -0.363 e. The van der Waals surface area contributed by atoms with E-state index in [-0.39, 0.29) is 11.8 Å². The summed E-state index contributed by atoms with van der Waals surface area (Å²) in [6, 6.07) is 1.62. The van der Waals surface area contributed by atoms with E-state index in [0.29, 0.717) is 61.3 Å². The maximum atomic E-state index is 12.4. The Morgan fingerprint density at radius 3 is 2.79 bits per heavy atom. The van der Waals surface area contributed by atoms with Gasteiger partial charge in [-0.15, -0.1) is 0 Å². The zero-order chi connectivity index (χ0) is 19.5. The van der Waals surface area contributed by atoms with Gasteiger partial charge in [-0.2, -0.15) is 4.98 Å². The lowest BCUT2D eigenvalue weighted by Gasteiger charge is -2.32. The fourth-order valence-corrected chi connectivity index (χ4v) is 3.22. The lowest BCUT2D eigenvalue weighted by molar-refractivity contribution is -0.120. The van der Waals surface area contributed by atoms with E-state index in [1.165, 1.54) is 6.26 Å². The van der Waals surface area contributed by atoms with Gasteiger partial charge in [0.05, 0.1) is 0 Å². The Labute approximate surface area is 161 Å². The molecule has 146 valence electrons. The zero-order valence-corrected chi connectivity index (χ0v) is 15.8. The van der Waals surface area contributed by atoms with Crippen molar-refractivity contribution in [2.75, 3.05) is 23.3 Å². The summed E-state index contributed by atoms with van der Waals surface area (Å²) in [6.07, 6.45) is 5.25. The van der Waals surface area contributed by atoms with Crippen molar-refractivity contribution in [3.05, 3.63) is 30.2 Å². The molecule has 3 aromatic rings. The number of piperidine rings is 1. The monoisotopic (exact) mass is 383 g/mol. The summed E-state index contributed by atoms with van der Waals surface area (Å²) in [5.74, 6) is 2.78. The average molecular weight is 383 g/mol. The minimum absolute atomic E-state index is 0.0443. The molecule has 1 amide bonds. The molecule has 0 spiro atoms. The van der Waals surface area contributed by atoms with Crippen LogP contribution in [-0.2, 0) is 11.2 Å². The largest absolute Gasteiger partial charge is 0.363 e. The second-order valence-electron chi connectivity index (χ2n) is 6.66. The Bertz CT molecular complexity index is 946. The molecule has 3 aromatic heterocycles. The molecule has 0 unspecified atom stereocenters. The van der Waals surface area contributed by atoms with Crippen molar-refractivity contribution in [2.24, 2.45) is 5.92 Å². The lowest BCUT2D eigenvalue weighted by Crippen LogP contribution is -2.39. The third-order valence-electron chi connectivity index (χ3n) is 4.76. The van der Waals surface area contributed by atoms with Gasteiger partial charge in [-0.25, -0.2) is 9.97 Å². The molecule has 10 nitrogen and oxygen atoms in total. The SMILES string of the molecule is CCc1noc(-c2cnc(C)nc2N2CCC(C(=O)Nc3ccon3)CC2)n1. The first-order valence-electron chi connectivity index (χ1n) is 9.27. The van der Waals surface area contributed by atoms with Gasteiger partial charge in [0.15, 0.2) is 11.6 Å². The Morgan fingerprint density at radius 1 is 1.29 bits per heavy atom.